The standard InChI is InChI=1S/C18H18FNO/c19-17-8-4-3-6-15(17)9-10-18(21)20-12-11-14-5-1-2-7-16(14)13-20/h1-8H,9-13H2. The first kappa shape index (κ1) is 13.8. The number of carbonyl (C=O) groups excluding carboxylic acids is 1. The topological polar surface area (TPSA) is 20.3 Å². The van der Waals surface area contributed by atoms with Gasteiger partial charge in [0.2, 0.25) is 5.91 Å². The summed E-state index contributed by atoms with van der Waals surface area (Å²) in [5.74, 6) is -0.123. The molecule has 21 heavy (non-hydrogen) atoms. The quantitative estimate of drug-likeness (QED) is 0.846. The van der Waals surface area contributed by atoms with Gasteiger partial charge in [-0.05, 0) is 35.6 Å². The molecule has 0 aliphatic carbocycles. The molecule has 1 aliphatic heterocycles. The van der Waals surface area contributed by atoms with Crippen LogP contribution in [0.25, 0.3) is 0 Å². The van der Waals surface area contributed by atoms with E-state index in [2.05, 4.69) is 12.1 Å². The van der Waals surface area contributed by atoms with E-state index in [4.69, 9.17) is 0 Å². The van der Waals surface area contributed by atoms with Crippen LogP contribution in [0.1, 0.15) is 23.1 Å². The predicted octanol–water partition coefficient (Wildman–Crippen LogP) is 3.34. The maximum Gasteiger partial charge on any atom is 0.223 e. The maximum absolute atomic E-state index is 13.6. The third-order valence-corrected chi connectivity index (χ3v) is 4.05. The molecule has 0 bridgehead atoms. The Bertz CT molecular complexity index is 653. The molecule has 1 amide bonds. The zero-order valence-corrected chi connectivity index (χ0v) is 11.9. The minimum absolute atomic E-state index is 0.104. The van der Waals surface area contributed by atoms with Crippen molar-refractivity contribution in [2.45, 2.75) is 25.8 Å². The molecule has 3 heteroatoms. The second-order valence-electron chi connectivity index (χ2n) is 5.43. The van der Waals surface area contributed by atoms with Gasteiger partial charge in [-0.3, -0.25) is 4.79 Å². The van der Waals surface area contributed by atoms with Crippen LogP contribution in [0.2, 0.25) is 0 Å². The number of halogens is 1. The van der Waals surface area contributed by atoms with Crippen molar-refractivity contribution in [3.8, 4) is 0 Å². The summed E-state index contributed by atoms with van der Waals surface area (Å²) in [5.41, 5.74) is 3.17. The molecule has 0 atom stereocenters. The van der Waals surface area contributed by atoms with Crippen molar-refractivity contribution in [2.75, 3.05) is 6.54 Å². The third kappa shape index (κ3) is 3.13. The molecule has 0 spiro atoms. The number of nitrogens with zero attached hydrogens (tertiary/aromatic N) is 1. The summed E-state index contributed by atoms with van der Waals surface area (Å²) in [7, 11) is 0. The number of rotatable bonds is 3. The van der Waals surface area contributed by atoms with Gasteiger partial charge in [0.25, 0.3) is 0 Å². The van der Waals surface area contributed by atoms with Crippen LogP contribution in [-0.4, -0.2) is 17.4 Å². The fourth-order valence-corrected chi connectivity index (χ4v) is 2.81. The molecule has 0 N–H and O–H groups in total. The number of hydrogen-bond donors (Lipinski definition) is 0. The molecular formula is C18H18FNO. The lowest BCUT2D eigenvalue weighted by Crippen LogP contribution is -2.36. The van der Waals surface area contributed by atoms with Crippen molar-refractivity contribution in [1.82, 2.24) is 4.90 Å². The summed E-state index contributed by atoms with van der Waals surface area (Å²) in [6.45, 7) is 1.43. The molecule has 0 aromatic heterocycles. The molecule has 0 saturated heterocycles. The van der Waals surface area contributed by atoms with Gasteiger partial charge in [-0.25, -0.2) is 4.39 Å². The molecular weight excluding hydrogens is 265 g/mol. The lowest BCUT2D eigenvalue weighted by Gasteiger charge is -2.29. The number of aryl methyl sites for hydroxylation is 1. The number of amides is 1. The highest BCUT2D eigenvalue weighted by Crippen LogP contribution is 2.19. The van der Waals surface area contributed by atoms with Crippen LogP contribution in [0.4, 0.5) is 4.39 Å². The minimum Gasteiger partial charge on any atom is -0.338 e. The SMILES string of the molecule is O=C(CCc1ccccc1F)N1CCc2ccccc2C1. The van der Waals surface area contributed by atoms with Gasteiger partial charge in [-0.1, -0.05) is 42.5 Å². The van der Waals surface area contributed by atoms with Gasteiger partial charge < -0.3 is 4.90 Å². The predicted molar refractivity (Wildman–Crippen MR) is 80.3 cm³/mol. The molecule has 0 saturated carbocycles. The Labute approximate surface area is 124 Å². The van der Waals surface area contributed by atoms with Crippen LogP contribution in [-0.2, 0) is 24.2 Å². The Morgan fingerprint density at radius 1 is 1.05 bits per heavy atom. The van der Waals surface area contributed by atoms with Gasteiger partial charge in [-0.15, -0.1) is 0 Å². The van der Waals surface area contributed by atoms with E-state index in [9.17, 15) is 9.18 Å². The van der Waals surface area contributed by atoms with Crippen molar-refractivity contribution in [2.24, 2.45) is 0 Å². The highest BCUT2D eigenvalue weighted by molar-refractivity contribution is 5.76. The zero-order valence-electron chi connectivity index (χ0n) is 11.9. The second kappa shape index (κ2) is 6.08. The van der Waals surface area contributed by atoms with Crippen LogP contribution < -0.4 is 0 Å². The van der Waals surface area contributed by atoms with Crippen molar-refractivity contribution >= 4 is 5.91 Å². The molecule has 2 aromatic carbocycles. The molecule has 2 nitrogen and oxygen atoms in total. The van der Waals surface area contributed by atoms with E-state index in [-0.39, 0.29) is 11.7 Å². The highest BCUT2D eigenvalue weighted by Gasteiger charge is 2.20. The first-order valence-corrected chi connectivity index (χ1v) is 7.32. The second-order valence-corrected chi connectivity index (χ2v) is 5.43. The van der Waals surface area contributed by atoms with Gasteiger partial charge in [0.1, 0.15) is 5.82 Å². The first-order valence-electron chi connectivity index (χ1n) is 7.32. The van der Waals surface area contributed by atoms with E-state index in [1.54, 1.807) is 18.2 Å². The Kier molecular flexibility index (Phi) is 4.00. The van der Waals surface area contributed by atoms with Crippen molar-refractivity contribution < 1.29 is 9.18 Å². The van der Waals surface area contributed by atoms with Gasteiger partial charge in [-0.2, -0.15) is 0 Å². The normalized spacial score (nSPS) is 13.9. The molecule has 3 rings (SSSR count). The summed E-state index contributed by atoms with van der Waals surface area (Å²) in [6, 6.07) is 14.9. The van der Waals surface area contributed by atoms with Crippen LogP contribution in [0, 0.1) is 5.82 Å². The highest BCUT2D eigenvalue weighted by atomic mass is 19.1. The molecule has 1 heterocycles. The number of hydrogen-bond acceptors (Lipinski definition) is 1. The van der Waals surface area contributed by atoms with E-state index in [0.717, 1.165) is 13.0 Å². The van der Waals surface area contributed by atoms with E-state index in [0.29, 0.717) is 24.9 Å². The third-order valence-electron chi connectivity index (χ3n) is 4.05. The van der Waals surface area contributed by atoms with E-state index in [1.165, 1.54) is 17.2 Å². The minimum atomic E-state index is -0.228. The van der Waals surface area contributed by atoms with Gasteiger partial charge in [0, 0.05) is 19.5 Å². The molecule has 0 unspecified atom stereocenters. The molecule has 108 valence electrons. The van der Waals surface area contributed by atoms with Gasteiger partial charge >= 0.3 is 0 Å². The summed E-state index contributed by atoms with van der Waals surface area (Å²) < 4.78 is 13.6. The summed E-state index contributed by atoms with van der Waals surface area (Å²) >= 11 is 0. The maximum atomic E-state index is 13.6. The zero-order chi connectivity index (χ0) is 14.7. The van der Waals surface area contributed by atoms with Crippen molar-refractivity contribution in [1.29, 1.82) is 0 Å². The first-order chi connectivity index (χ1) is 10.2. The number of fused-ring (bicyclic) bond motifs is 1. The van der Waals surface area contributed by atoms with Crippen molar-refractivity contribution in [3.05, 3.63) is 71.0 Å². The summed E-state index contributed by atoms with van der Waals surface area (Å²) in [6.07, 6.45) is 1.73. The lowest BCUT2D eigenvalue weighted by molar-refractivity contribution is -0.132. The number of benzene rings is 2. The fourth-order valence-electron chi connectivity index (χ4n) is 2.81. The number of carbonyl (C=O) groups is 1. The van der Waals surface area contributed by atoms with Crippen LogP contribution >= 0.6 is 0 Å². The Morgan fingerprint density at radius 2 is 1.76 bits per heavy atom. The van der Waals surface area contributed by atoms with Crippen LogP contribution in [0.5, 0.6) is 0 Å². The fraction of sp³-hybridized carbons (Fsp3) is 0.278. The van der Waals surface area contributed by atoms with E-state index >= 15 is 0 Å². The van der Waals surface area contributed by atoms with Crippen LogP contribution in [0.15, 0.2) is 48.5 Å². The molecule has 2 aromatic rings. The van der Waals surface area contributed by atoms with Gasteiger partial charge in [0.15, 0.2) is 0 Å². The summed E-state index contributed by atoms with van der Waals surface area (Å²) in [5, 5.41) is 0. The average Bonchev–Trinajstić information content (AvgIpc) is 2.53. The Morgan fingerprint density at radius 3 is 2.57 bits per heavy atom. The van der Waals surface area contributed by atoms with E-state index < -0.39 is 0 Å². The monoisotopic (exact) mass is 283 g/mol. The lowest BCUT2D eigenvalue weighted by atomic mass is 9.99. The Balaban J connectivity index is 1.61. The van der Waals surface area contributed by atoms with E-state index in [1.807, 2.05) is 17.0 Å². The molecule has 1 aliphatic rings. The molecule has 0 radical (unpaired) electrons. The summed E-state index contributed by atoms with van der Waals surface area (Å²) in [4.78, 5) is 14.2. The molecule has 0 fully saturated rings. The average molecular weight is 283 g/mol. The van der Waals surface area contributed by atoms with Crippen LogP contribution in [0.3, 0.4) is 0 Å². The Hall–Kier alpha value is -2.16. The largest absolute Gasteiger partial charge is 0.338 e. The van der Waals surface area contributed by atoms with Gasteiger partial charge in [0.05, 0.1) is 0 Å². The smallest absolute Gasteiger partial charge is 0.223 e. The van der Waals surface area contributed by atoms with Crippen molar-refractivity contribution in [3.63, 3.8) is 0 Å².